The molecule has 0 saturated carbocycles. The third-order valence-corrected chi connectivity index (χ3v) is 14.0. The van der Waals surface area contributed by atoms with Crippen LogP contribution in [0.15, 0.2) is 243 Å². The first kappa shape index (κ1) is 39.8. The summed E-state index contributed by atoms with van der Waals surface area (Å²) in [6.45, 7) is 0. The number of hydrogen-bond donors (Lipinski definition) is 0. The summed E-state index contributed by atoms with van der Waals surface area (Å²) in [4.78, 5) is 21.6. The highest BCUT2D eigenvalue weighted by molar-refractivity contribution is 6.14. The van der Waals surface area contributed by atoms with Gasteiger partial charge in [0.15, 0.2) is 5.82 Å². The molecule has 0 N–H and O–H groups in total. The SMILES string of the molecule is c1ccc2c(-c3cc(-c4cccc5ccccc45)c4nc(-c5ccc(-c6nc7ccccc7c7ccccc67)cc5)nc(-c5ccc(-c6nc7ccccc7c7ccccc67)cc5)c4c3)cccc2c1. The molecule has 4 nitrogen and oxygen atoms in total. The first-order valence-corrected chi connectivity index (χ1v) is 23.8. The smallest absolute Gasteiger partial charge is 0.160 e. The van der Waals surface area contributed by atoms with Crippen molar-refractivity contribution in [3.05, 3.63) is 243 Å². The minimum absolute atomic E-state index is 0.649. The molecule has 0 bridgehead atoms. The van der Waals surface area contributed by atoms with Gasteiger partial charge in [-0.1, -0.05) is 218 Å². The van der Waals surface area contributed by atoms with E-state index in [2.05, 4.69) is 243 Å². The van der Waals surface area contributed by atoms with E-state index in [0.29, 0.717) is 5.82 Å². The van der Waals surface area contributed by atoms with Crippen LogP contribution in [0.2, 0.25) is 0 Å². The Hall–Kier alpha value is -9.38. The average molecular weight is 889 g/mol. The van der Waals surface area contributed by atoms with Crippen LogP contribution in [0.4, 0.5) is 0 Å². The van der Waals surface area contributed by atoms with Crippen molar-refractivity contribution in [3.8, 4) is 67.4 Å². The van der Waals surface area contributed by atoms with Gasteiger partial charge in [0.05, 0.1) is 33.6 Å². The lowest BCUT2D eigenvalue weighted by molar-refractivity contribution is 1.23. The monoisotopic (exact) mass is 888 g/mol. The molecule has 14 aromatic rings. The van der Waals surface area contributed by atoms with Crippen LogP contribution in [-0.2, 0) is 0 Å². The number of nitrogens with zero attached hydrogens (tertiary/aromatic N) is 4. The Labute approximate surface area is 403 Å². The van der Waals surface area contributed by atoms with E-state index in [-0.39, 0.29) is 0 Å². The predicted molar refractivity (Wildman–Crippen MR) is 293 cm³/mol. The molecule has 0 aliphatic heterocycles. The van der Waals surface area contributed by atoms with E-state index in [9.17, 15) is 0 Å². The first-order chi connectivity index (χ1) is 34.7. The van der Waals surface area contributed by atoms with Crippen molar-refractivity contribution >= 4 is 75.8 Å². The number of benzene rings is 11. The van der Waals surface area contributed by atoms with Crippen molar-refractivity contribution in [1.29, 1.82) is 0 Å². The van der Waals surface area contributed by atoms with Gasteiger partial charge in [0.25, 0.3) is 0 Å². The summed E-state index contributed by atoms with van der Waals surface area (Å²) in [6.07, 6.45) is 0. The van der Waals surface area contributed by atoms with E-state index in [0.717, 1.165) is 105 Å². The lowest BCUT2D eigenvalue weighted by atomic mass is 9.89. The van der Waals surface area contributed by atoms with E-state index < -0.39 is 0 Å². The Morgan fingerprint density at radius 1 is 0.214 bits per heavy atom. The van der Waals surface area contributed by atoms with E-state index in [1.165, 1.54) is 32.3 Å². The largest absolute Gasteiger partial charge is 0.247 e. The third-order valence-electron chi connectivity index (χ3n) is 14.0. The lowest BCUT2D eigenvalue weighted by Crippen LogP contribution is -1.99. The molecule has 3 aromatic heterocycles. The highest BCUT2D eigenvalue weighted by Gasteiger charge is 2.21. The summed E-state index contributed by atoms with van der Waals surface area (Å²) in [5.41, 5.74) is 14.0. The van der Waals surface area contributed by atoms with Gasteiger partial charge < -0.3 is 0 Å². The van der Waals surface area contributed by atoms with Gasteiger partial charge in [-0.05, 0) is 73.3 Å². The van der Waals surface area contributed by atoms with Crippen molar-refractivity contribution in [2.75, 3.05) is 0 Å². The summed E-state index contributed by atoms with van der Waals surface area (Å²) in [7, 11) is 0. The zero-order chi connectivity index (χ0) is 46.1. The zero-order valence-electron chi connectivity index (χ0n) is 37.9. The molecule has 0 spiro atoms. The number of aromatic nitrogens is 4. The molecule has 0 saturated heterocycles. The Morgan fingerprint density at radius 2 is 0.614 bits per heavy atom. The molecule has 14 rings (SSSR count). The average Bonchev–Trinajstić information content (AvgIpc) is 3.44. The molecule has 0 amide bonds. The quantitative estimate of drug-likeness (QED) is 0.156. The van der Waals surface area contributed by atoms with Crippen molar-refractivity contribution in [2.24, 2.45) is 0 Å². The molecule has 0 aliphatic carbocycles. The predicted octanol–water partition coefficient (Wildman–Crippen LogP) is 17.3. The standard InChI is InChI=1S/C66H40N4/c1-3-19-48-41(15-1)17-13-27-50(48)47-39-58(51-28-14-18-42-16-2-4-20-49(42)51)65-59(40-47)64(45-33-31-43(32-34-45)62-56-25-7-5-21-52(56)54-23-9-11-29-60(54)67-62)69-66(70-65)46-37-35-44(36-38-46)63-57-26-8-6-22-53(57)55-24-10-12-30-61(55)68-63/h1-40H. The fourth-order valence-electron chi connectivity index (χ4n) is 10.7. The van der Waals surface area contributed by atoms with Crippen LogP contribution in [0.25, 0.3) is 143 Å². The minimum atomic E-state index is 0.649. The number of hydrogen-bond acceptors (Lipinski definition) is 4. The second-order valence-corrected chi connectivity index (χ2v) is 18.1. The van der Waals surface area contributed by atoms with Crippen LogP contribution in [0.3, 0.4) is 0 Å². The molecule has 0 radical (unpaired) electrons. The Kier molecular flexibility index (Phi) is 9.17. The molecule has 0 unspecified atom stereocenters. The van der Waals surface area contributed by atoms with E-state index in [1.807, 2.05) is 0 Å². The van der Waals surface area contributed by atoms with Crippen molar-refractivity contribution in [2.45, 2.75) is 0 Å². The second kappa shape index (κ2) is 16.2. The van der Waals surface area contributed by atoms with Crippen molar-refractivity contribution < 1.29 is 0 Å². The zero-order valence-corrected chi connectivity index (χ0v) is 37.9. The topological polar surface area (TPSA) is 51.6 Å². The summed E-state index contributed by atoms with van der Waals surface area (Å²) in [6, 6.07) is 86.4. The van der Waals surface area contributed by atoms with Gasteiger partial charge in [-0.2, -0.15) is 0 Å². The van der Waals surface area contributed by atoms with Gasteiger partial charge >= 0.3 is 0 Å². The number of fused-ring (bicyclic) bond motifs is 9. The molecule has 0 fully saturated rings. The van der Waals surface area contributed by atoms with Gasteiger partial charge in [0.2, 0.25) is 0 Å². The summed E-state index contributed by atoms with van der Waals surface area (Å²) < 4.78 is 0. The first-order valence-electron chi connectivity index (χ1n) is 23.8. The molecule has 0 aliphatic rings. The van der Waals surface area contributed by atoms with E-state index in [4.69, 9.17) is 19.9 Å². The van der Waals surface area contributed by atoms with Crippen LogP contribution < -0.4 is 0 Å². The maximum atomic E-state index is 5.60. The molecule has 3 heterocycles. The molecular weight excluding hydrogens is 849 g/mol. The van der Waals surface area contributed by atoms with Gasteiger partial charge in [0, 0.05) is 54.7 Å². The fourth-order valence-corrected chi connectivity index (χ4v) is 10.7. The van der Waals surface area contributed by atoms with Crippen molar-refractivity contribution in [3.63, 3.8) is 0 Å². The highest BCUT2D eigenvalue weighted by atomic mass is 14.9. The third kappa shape index (κ3) is 6.53. The summed E-state index contributed by atoms with van der Waals surface area (Å²) in [5, 5.41) is 12.6. The fraction of sp³-hybridized carbons (Fsp3) is 0. The van der Waals surface area contributed by atoms with Crippen molar-refractivity contribution in [1.82, 2.24) is 19.9 Å². The molecular formula is C66H40N4. The second-order valence-electron chi connectivity index (χ2n) is 18.1. The summed E-state index contributed by atoms with van der Waals surface area (Å²) >= 11 is 0. The number of rotatable bonds is 6. The number of para-hydroxylation sites is 2. The van der Waals surface area contributed by atoms with Crippen LogP contribution in [-0.4, -0.2) is 19.9 Å². The molecule has 4 heteroatoms. The maximum Gasteiger partial charge on any atom is 0.160 e. The Morgan fingerprint density at radius 3 is 1.16 bits per heavy atom. The minimum Gasteiger partial charge on any atom is -0.247 e. The lowest BCUT2D eigenvalue weighted by Gasteiger charge is -2.17. The molecule has 324 valence electrons. The van der Waals surface area contributed by atoms with Gasteiger partial charge in [-0.25, -0.2) is 19.9 Å². The van der Waals surface area contributed by atoms with Gasteiger partial charge in [0.1, 0.15) is 0 Å². The molecule has 11 aromatic carbocycles. The number of pyridine rings is 2. The molecule has 0 atom stereocenters. The van der Waals surface area contributed by atoms with Gasteiger partial charge in [-0.15, -0.1) is 0 Å². The van der Waals surface area contributed by atoms with E-state index >= 15 is 0 Å². The Bertz CT molecular complexity index is 4390. The van der Waals surface area contributed by atoms with Crippen LogP contribution in [0.5, 0.6) is 0 Å². The van der Waals surface area contributed by atoms with Gasteiger partial charge in [-0.3, -0.25) is 0 Å². The highest BCUT2D eigenvalue weighted by Crippen LogP contribution is 2.43. The van der Waals surface area contributed by atoms with Crippen LogP contribution >= 0.6 is 0 Å². The van der Waals surface area contributed by atoms with Crippen LogP contribution in [0.1, 0.15) is 0 Å². The normalized spacial score (nSPS) is 11.7. The van der Waals surface area contributed by atoms with E-state index in [1.54, 1.807) is 0 Å². The summed E-state index contributed by atoms with van der Waals surface area (Å²) in [5.74, 6) is 0.649. The maximum absolute atomic E-state index is 5.60. The Balaban J connectivity index is 1.01. The molecule has 70 heavy (non-hydrogen) atoms. The van der Waals surface area contributed by atoms with Crippen LogP contribution in [0, 0.1) is 0 Å².